The summed E-state index contributed by atoms with van der Waals surface area (Å²) in [4.78, 5) is 20.8. The number of hydrogen-bond donors (Lipinski definition) is 2. The first-order valence-electron chi connectivity index (χ1n) is 5.30. The molecule has 0 spiro atoms. The van der Waals surface area contributed by atoms with E-state index in [2.05, 4.69) is 3.97 Å². The van der Waals surface area contributed by atoms with Crippen LogP contribution >= 0.6 is 7.82 Å². The summed E-state index contributed by atoms with van der Waals surface area (Å²) in [5, 5.41) is 0. The minimum Gasteiger partial charge on any atom is -0.362 e. The maximum atomic E-state index is 11.1. The topological polar surface area (TPSA) is 107 Å². The first-order valence-corrected chi connectivity index (χ1v) is 8.41. The Kier molecular flexibility index (Phi) is 5.18. The molecule has 2 N–H and O–H groups in total. The average molecular weight is 300 g/mol. The second kappa shape index (κ2) is 6.03. The third-order valence-corrected chi connectivity index (χ3v) is 4.71. The lowest BCUT2D eigenvalue weighted by Crippen LogP contribution is -2.23. The maximum absolute atomic E-state index is 11.1. The summed E-state index contributed by atoms with van der Waals surface area (Å²) in [7, 11) is -7.21. The first kappa shape index (κ1) is 15.5. The molecule has 0 amide bonds. The highest BCUT2D eigenvalue weighted by atomic mass is 32.2. The Morgan fingerprint density at radius 2 is 2.00 bits per heavy atom. The molecule has 0 aliphatic carbocycles. The van der Waals surface area contributed by atoms with Gasteiger partial charge in [-0.3, -0.25) is 0 Å². The molecule has 1 rings (SSSR count). The highest BCUT2D eigenvalue weighted by molar-refractivity contribution is 7.90. The van der Waals surface area contributed by atoms with Gasteiger partial charge in [-0.1, -0.05) is 0 Å². The monoisotopic (exact) mass is 300 g/mol. The van der Waals surface area contributed by atoms with E-state index in [1.54, 1.807) is 0 Å². The third-order valence-electron chi connectivity index (χ3n) is 2.24. The lowest BCUT2D eigenvalue weighted by atomic mass is 10.3. The van der Waals surface area contributed by atoms with Gasteiger partial charge in [-0.25, -0.2) is 4.57 Å². The molecular formula is C8H17N2O6PS. The van der Waals surface area contributed by atoms with Crippen LogP contribution in [0.4, 0.5) is 0 Å². The van der Waals surface area contributed by atoms with Gasteiger partial charge in [-0.05, 0) is 12.8 Å². The minimum absolute atomic E-state index is 0.288. The Balaban J connectivity index is 2.22. The molecule has 0 bridgehead atoms. The molecule has 0 aromatic heterocycles. The van der Waals surface area contributed by atoms with Crippen LogP contribution in [-0.4, -0.2) is 54.0 Å². The van der Waals surface area contributed by atoms with Gasteiger partial charge in [-0.2, -0.15) is 12.4 Å². The highest BCUT2D eigenvalue weighted by Gasteiger charge is 2.25. The second-order valence-electron chi connectivity index (χ2n) is 4.04. The van der Waals surface area contributed by atoms with E-state index < -0.39 is 23.7 Å². The summed E-state index contributed by atoms with van der Waals surface area (Å²) < 4.78 is 36.4. The van der Waals surface area contributed by atoms with Crippen LogP contribution in [0.3, 0.4) is 0 Å². The van der Waals surface area contributed by atoms with Crippen molar-refractivity contribution >= 4 is 17.9 Å². The second-order valence-corrected chi connectivity index (χ2v) is 7.14. The number of hydrogen-bond acceptors (Lipinski definition) is 6. The molecule has 0 unspecified atom stereocenters. The fourth-order valence-corrected chi connectivity index (χ4v) is 3.55. The molecule has 0 saturated carbocycles. The molecule has 1 heterocycles. The van der Waals surface area contributed by atoms with E-state index in [1.165, 1.54) is 0 Å². The Hall–Kier alpha value is -0.600. The molecule has 0 saturated heterocycles. The van der Waals surface area contributed by atoms with Gasteiger partial charge in [0.25, 0.3) is 10.1 Å². The van der Waals surface area contributed by atoms with Crippen LogP contribution in [0.5, 0.6) is 0 Å². The zero-order chi connectivity index (χ0) is 13.8. The average Bonchev–Trinajstić information content (AvgIpc) is 2.55. The Morgan fingerprint density at radius 3 is 2.50 bits per heavy atom. The van der Waals surface area contributed by atoms with Gasteiger partial charge < -0.3 is 19.6 Å². The molecule has 0 atom stereocenters. The number of phosphoric acid groups is 1. The Labute approximate surface area is 106 Å². The van der Waals surface area contributed by atoms with Crippen LogP contribution in [0, 0.1) is 0 Å². The van der Waals surface area contributed by atoms with E-state index in [0.717, 1.165) is 6.67 Å². The van der Waals surface area contributed by atoms with Crippen LogP contribution < -0.4 is 0 Å². The Morgan fingerprint density at radius 1 is 1.33 bits per heavy atom. The molecule has 10 heteroatoms. The van der Waals surface area contributed by atoms with Crippen molar-refractivity contribution in [2.24, 2.45) is 0 Å². The normalized spacial score (nSPS) is 16.6. The van der Waals surface area contributed by atoms with Crippen molar-refractivity contribution in [3.05, 3.63) is 12.4 Å². The van der Waals surface area contributed by atoms with Gasteiger partial charge in [0.2, 0.25) is 0 Å². The predicted octanol–water partition coefficient (Wildman–Crippen LogP) is -0.118. The molecule has 18 heavy (non-hydrogen) atoms. The molecule has 0 radical (unpaired) electrons. The Bertz CT molecular complexity index is 445. The number of unbranched alkanes of at least 4 members (excludes halogenated alkanes) is 1. The lowest BCUT2D eigenvalue weighted by Gasteiger charge is -2.17. The van der Waals surface area contributed by atoms with Crippen molar-refractivity contribution in [3.63, 3.8) is 0 Å². The van der Waals surface area contributed by atoms with Crippen LogP contribution in [0.25, 0.3) is 0 Å². The van der Waals surface area contributed by atoms with Crippen LogP contribution in [-0.2, 0) is 18.7 Å². The van der Waals surface area contributed by atoms with Crippen LogP contribution in [0.15, 0.2) is 12.4 Å². The van der Waals surface area contributed by atoms with E-state index in [1.807, 2.05) is 29.2 Å². The van der Waals surface area contributed by atoms with Crippen molar-refractivity contribution in [3.8, 4) is 0 Å². The molecular weight excluding hydrogens is 283 g/mol. The standard InChI is InChI=1S/C8H17N2O6PS/c1-9-5-6-10(8-9)4-2-3-7-18(14,15)16-17(11,12)13/h5-6H,2-4,7-8H2,1H3,(H2,11,12,13). The fraction of sp³-hybridized carbons (Fsp3) is 0.750. The van der Waals surface area contributed by atoms with E-state index in [4.69, 9.17) is 9.79 Å². The quantitative estimate of drug-likeness (QED) is 0.495. The summed E-state index contributed by atoms with van der Waals surface area (Å²) in [5.74, 6) is -0.397. The summed E-state index contributed by atoms with van der Waals surface area (Å²) in [5.41, 5.74) is 0. The van der Waals surface area contributed by atoms with Gasteiger partial charge in [0, 0.05) is 26.0 Å². The molecule has 0 aromatic rings. The van der Waals surface area contributed by atoms with Crippen LogP contribution in [0.2, 0.25) is 0 Å². The number of rotatable bonds is 7. The SMILES string of the molecule is CN1C=CN(CCCCS(=O)(=O)OP(=O)(O)O)C1. The molecule has 106 valence electrons. The van der Waals surface area contributed by atoms with Gasteiger partial charge in [-0.15, -0.1) is 0 Å². The van der Waals surface area contributed by atoms with Crippen molar-refractivity contribution in [1.82, 2.24) is 9.80 Å². The molecule has 8 nitrogen and oxygen atoms in total. The molecule has 1 aliphatic rings. The van der Waals surface area contributed by atoms with E-state index in [-0.39, 0.29) is 6.42 Å². The smallest absolute Gasteiger partial charge is 0.362 e. The van der Waals surface area contributed by atoms with Gasteiger partial charge in [0.05, 0.1) is 12.4 Å². The lowest BCUT2D eigenvalue weighted by molar-refractivity contribution is 0.283. The van der Waals surface area contributed by atoms with Crippen molar-refractivity contribution in [1.29, 1.82) is 0 Å². The van der Waals surface area contributed by atoms with Gasteiger partial charge in [0.1, 0.15) is 0 Å². The van der Waals surface area contributed by atoms with Crippen molar-refractivity contribution < 1.29 is 26.7 Å². The van der Waals surface area contributed by atoms with Crippen molar-refractivity contribution in [2.75, 3.05) is 26.0 Å². The van der Waals surface area contributed by atoms with Crippen molar-refractivity contribution in [2.45, 2.75) is 12.8 Å². The minimum atomic E-state index is -4.98. The summed E-state index contributed by atoms with van der Waals surface area (Å²) in [6, 6.07) is 0. The first-order chi connectivity index (χ1) is 8.18. The summed E-state index contributed by atoms with van der Waals surface area (Å²) >= 11 is 0. The zero-order valence-corrected chi connectivity index (χ0v) is 11.7. The van der Waals surface area contributed by atoms with E-state index in [0.29, 0.717) is 13.0 Å². The van der Waals surface area contributed by atoms with Gasteiger partial charge >= 0.3 is 7.82 Å². The van der Waals surface area contributed by atoms with Gasteiger partial charge in [0.15, 0.2) is 0 Å². The summed E-state index contributed by atoms with van der Waals surface area (Å²) in [6.07, 6.45) is 4.70. The van der Waals surface area contributed by atoms with Crippen LogP contribution in [0.1, 0.15) is 12.8 Å². The van der Waals surface area contributed by atoms with E-state index in [9.17, 15) is 13.0 Å². The molecule has 0 fully saturated rings. The zero-order valence-electron chi connectivity index (χ0n) is 9.97. The molecule has 0 aromatic carbocycles. The molecule has 1 aliphatic heterocycles. The number of nitrogens with zero attached hydrogens (tertiary/aromatic N) is 2. The highest BCUT2D eigenvalue weighted by Crippen LogP contribution is 2.38. The largest absolute Gasteiger partial charge is 0.484 e. The third kappa shape index (κ3) is 6.36. The van der Waals surface area contributed by atoms with E-state index >= 15 is 0 Å². The maximum Gasteiger partial charge on any atom is 0.484 e. The summed E-state index contributed by atoms with van der Waals surface area (Å²) in [6.45, 7) is 1.44. The predicted molar refractivity (Wildman–Crippen MR) is 64.6 cm³/mol. The fourth-order valence-electron chi connectivity index (χ4n) is 1.51.